The van der Waals surface area contributed by atoms with E-state index in [2.05, 4.69) is 15.8 Å². The number of hydrazone groups is 1. The van der Waals surface area contributed by atoms with Crippen molar-refractivity contribution in [3.05, 3.63) is 125 Å². The highest BCUT2D eigenvalue weighted by atomic mass is 35.5. The molecule has 0 heterocycles. The van der Waals surface area contributed by atoms with Gasteiger partial charge in [-0.15, -0.1) is 0 Å². The molecule has 11 heteroatoms. The number of halogens is 1. The lowest BCUT2D eigenvalue weighted by Gasteiger charge is -2.21. The highest BCUT2D eigenvalue weighted by Crippen LogP contribution is 2.21. The van der Waals surface area contributed by atoms with Crippen LogP contribution < -0.4 is 15.5 Å². The molecule has 0 aliphatic carbocycles. The van der Waals surface area contributed by atoms with Gasteiger partial charge in [-0.25, -0.2) is 13.8 Å². The molecule has 0 radical (unpaired) electrons. The number of hydrogen-bond donors (Lipinski definition) is 2. The molecule has 222 valence electrons. The van der Waals surface area contributed by atoms with E-state index in [0.717, 1.165) is 15.4 Å². The summed E-state index contributed by atoms with van der Waals surface area (Å²) in [4.78, 5) is 25.0. The minimum Gasteiger partial charge on any atom is -0.484 e. The molecule has 4 rings (SSSR count). The number of sulfonamides is 1. The molecule has 0 unspecified atom stereocenters. The van der Waals surface area contributed by atoms with E-state index in [1.165, 1.54) is 18.3 Å². The van der Waals surface area contributed by atoms with Crippen LogP contribution in [0.4, 0.5) is 5.69 Å². The van der Waals surface area contributed by atoms with Crippen molar-refractivity contribution in [2.45, 2.75) is 18.2 Å². The van der Waals surface area contributed by atoms with Crippen LogP contribution in [-0.4, -0.2) is 50.4 Å². The second-order valence-corrected chi connectivity index (χ2v) is 11.9. The molecule has 0 saturated carbocycles. The number of aryl methyl sites for hydroxylation is 1. The Bertz CT molecular complexity index is 1660. The molecular weight excluding hydrogens is 588 g/mol. The maximum Gasteiger partial charge on any atom is 0.262 e. The standard InChI is InChI=1S/C32H31ClN4O5S/c1-24-11-17-28(18-12-24)43(40,41)37(20-19-25-7-3-2-4-8-25)22-31(38)36-34-21-26-13-15-27(16-14-26)42-23-32(39)35-30-10-6-5-9-29(30)33/h2-18,21H,19-20,22-23H2,1H3,(H,35,39)(H,36,38)/b34-21-. The van der Waals surface area contributed by atoms with Gasteiger partial charge in [-0.05, 0) is 73.0 Å². The van der Waals surface area contributed by atoms with Gasteiger partial charge in [0.15, 0.2) is 6.61 Å². The predicted octanol–water partition coefficient (Wildman–Crippen LogP) is 5.05. The topological polar surface area (TPSA) is 117 Å². The number of benzene rings is 4. The minimum absolute atomic E-state index is 0.117. The van der Waals surface area contributed by atoms with Gasteiger partial charge in [-0.2, -0.15) is 9.41 Å². The van der Waals surface area contributed by atoms with Crippen molar-refractivity contribution in [2.24, 2.45) is 5.10 Å². The summed E-state index contributed by atoms with van der Waals surface area (Å²) < 4.78 is 33.5. The van der Waals surface area contributed by atoms with E-state index in [-0.39, 0.29) is 24.0 Å². The summed E-state index contributed by atoms with van der Waals surface area (Å²) >= 11 is 6.05. The normalized spacial score (nSPS) is 11.4. The van der Waals surface area contributed by atoms with Crippen molar-refractivity contribution in [1.82, 2.24) is 9.73 Å². The number of ether oxygens (including phenoxy) is 1. The zero-order chi connectivity index (χ0) is 30.7. The fraction of sp³-hybridized carbons (Fsp3) is 0.156. The minimum atomic E-state index is -3.92. The summed E-state index contributed by atoms with van der Waals surface area (Å²) in [5.74, 6) is -0.473. The number of carbonyl (C=O) groups is 2. The van der Waals surface area contributed by atoms with Crippen molar-refractivity contribution in [2.75, 3.05) is 25.0 Å². The van der Waals surface area contributed by atoms with Crippen molar-refractivity contribution in [3.63, 3.8) is 0 Å². The van der Waals surface area contributed by atoms with Crippen LogP contribution in [-0.2, 0) is 26.0 Å². The zero-order valence-corrected chi connectivity index (χ0v) is 25.0. The van der Waals surface area contributed by atoms with Gasteiger partial charge < -0.3 is 10.1 Å². The molecule has 0 atom stereocenters. The molecule has 0 fully saturated rings. The van der Waals surface area contributed by atoms with Crippen LogP contribution >= 0.6 is 11.6 Å². The second kappa shape index (κ2) is 15.1. The lowest BCUT2D eigenvalue weighted by molar-refractivity contribution is -0.121. The number of rotatable bonds is 13. The lowest BCUT2D eigenvalue weighted by atomic mass is 10.1. The molecule has 0 saturated heterocycles. The largest absolute Gasteiger partial charge is 0.484 e. The predicted molar refractivity (Wildman–Crippen MR) is 168 cm³/mol. The van der Waals surface area contributed by atoms with Crippen LogP contribution in [0.5, 0.6) is 5.75 Å². The molecule has 4 aromatic rings. The Morgan fingerprint density at radius 2 is 1.56 bits per heavy atom. The Hall–Kier alpha value is -4.51. The zero-order valence-electron chi connectivity index (χ0n) is 23.4. The number of anilines is 1. The molecule has 43 heavy (non-hydrogen) atoms. The van der Waals surface area contributed by atoms with Gasteiger partial charge in [0, 0.05) is 6.54 Å². The van der Waals surface area contributed by atoms with E-state index in [1.807, 2.05) is 37.3 Å². The molecule has 0 aromatic heterocycles. The lowest BCUT2D eigenvalue weighted by Crippen LogP contribution is -2.40. The summed E-state index contributed by atoms with van der Waals surface area (Å²) in [5, 5.41) is 7.09. The molecule has 0 aliphatic rings. The van der Waals surface area contributed by atoms with Crippen LogP contribution in [0.1, 0.15) is 16.7 Å². The quantitative estimate of drug-likeness (QED) is 0.161. The highest BCUT2D eigenvalue weighted by molar-refractivity contribution is 7.89. The van der Waals surface area contributed by atoms with E-state index in [1.54, 1.807) is 60.7 Å². The summed E-state index contributed by atoms with van der Waals surface area (Å²) in [5.41, 5.74) is 5.44. The molecule has 4 aromatic carbocycles. The Balaban J connectivity index is 1.32. The van der Waals surface area contributed by atoms with Crippen LogP contribution in [0.3, 0.4) is 0 Å². The maximum atomic E-state index is 13.4. The second-order valence-electron chi connectivity index (χ2n) is 9.57. The van der Waals surface area contributed by atoms with E-state index < -0.39 is 22.5 Å². The number of para-hydroxylation sites is 1. The Kier molecular flexibility index (Phi) is 11.0. The number of carbonyl (C=O) groups excluding carboxylic acids is 2. The van der Waals surface area contributed by atoms with Gasteiger partial charge in [-0.3, -0.25) is 9.59 Å². The van der Waals surface area contributed by atoms with Gasteiger partial charge in [0.2, 0.25) is 10.0 Å². The first-order valence-electron chi connectivity index (χ1n) is 13.4. The SMILES string of the molecule is Cc1ccc(S(=O)(=O)N(CCc2ccccc2)CC(=O)N/N=C\c2ccc(OCC(=O)Nc3ccccc3Cl)cc2)cc1. The first-order valence-corrected chi connectivity index (χ1v) is 15.2. The van der Waals surface area contributed by atoms with E-state index in [0.29, 0.717) is 28.4 Å². The van der Waals surface area contributed by atoms with Crippen LogP contribution in [0.15, 0.2) is 113 Å². The third-order valence-corrected chi connectivity index (χ3v) is 8.46. The van der Waals surface area contributed by atoms with Gasteiger partial charge >= 0.3 is 0 Å². The molecule has 2 N–H and O–H groups in total. The van der Waals surface area contributed by atoms with Crippen molar-refractivity contribution in [1.29, 1.82) is 0 Å². The molecular formula is C32H31ClN4O5S. The number of nitrogens with one attached hydrogen (secondary N) is 2. The van der Waals surface area contributed by atoms with Gasteiger partial charge in [0.25, 0.3) is 11.8 Å². The van der Waals surface area contributed by atoms with Gasteiger partial charge in [0.05, 0.1) is 28.4 Å². The monoisotopic (exact) mass is 618 g/mol. The first-order chi connectivity index (χ1) is 20.7. The summed E-state index contributed by atoms with van der Waals surface area (Å²) in [6.45, 7) is 1.39. The molecule has 9 nitrogen and oxygen atoms in total. The third kappa shape index (κ3) is 9.50. The van der Waals surface area contributed by atoms with Crippen LogP contribution in [0.2, 0.25) is 5.02 Å². The van der Waals surface area contributed by atoms with Crippen molar-refractivity contribution in [3.8, 4) is 5.75 Å². The molecule has 0 spiro atoms. The van der Waals surface area contributed by atoms with Crippen molar-refractivity contribution < 1.29 is 22.7 Å². The Morgan fingerprint density at radius 3 is 2.26 bits per heavy atom. The number of nitrogens with zero attached hydrogens (tertiary/aromatic N) is 2. The summed E-state index contributed by atoms with van der Waals surface area (Å²) in [6.07, 6.45) is 1.87. The molecule has 0 bridgehead atoms. The average Bonchev–Trinajstić information content (AvgIpc) is 3.00. The highest BCUT2D eigenvalue weighted by Gasteiger charge is 2.26. The third-order valence-electron chi connectivity index (χ3n) is 6.27. The van der Waals surface area contributed by atoms with Crippen LogP contribution in [0.25, 0.3) is 0 Å². The maximum absolute atomic E-state index is 13.4. The first kappa shape index (κ1) is 31.4. The smallest absolute Gasteiger partial charge is 0.262 e. The fourth-order valence-electron chi connectivity index (χ4n) is 3.96. The fourth-order valence-corrected chi connectivity index (χ4v) is 5.54. The summed E-state index contributed by atoms with van der Waals surface area (Å²) in [7, 11) is -3.92. The Morgan fingerprint density at radius 1 is 0.884 bits per heavy atom. The molecule has 2 amide bonds. The molecule has 0 aliphatic heterocycles. The Labute approximate surface area is 256 Å². The van der Waals surface area contributed by atoms with Gasteiger partial charge in [0.1, 0.15) is 5.75 Å². The number of hydrogen-bond acceptors (Lipinski definition) is 6. The van der Waals surface area contributed by atoms with Gasteiger partial charge in [-0.1, -0.05) is 71.8 Å². The number of amides is 2. The van der Waals surface area contributed by atoms with Crippen molar-refractivity contribution >= 4 is 45.3 Å². The van der Waals surface area contributed by atoms with E-state index >= 15 is 0 Å². The average molecular weight is 619 g/mol. The van der Waals surface area contributed by atoms with Crippen LogP contribution in [0, 0.1) is 6.92 Å². The van der Waals surface area contributed by atoms with E-state index in [4.69, 9.17) is 16.3 Å². The summed E-state index contributed by atoms with van der Waals surface area (Å²) in [6, 6.07) is 29.6. The van der Waals surface area contributed by atoms with E-state index in [9.17, 15) is 18.0 Å².